The lowest BCUT2D eigenvalue weighted by molar-refractivity contribution is -0.384. The van der Waals surface area contributed by atoms with Crippen LogP contribution in [0, 0.1) is 10.1 Å². The van der Waals surface area contributed by atoms with Crippen molar-refractivity contribution in [2.45, 2.75) is 25.1 Å². The zero-order valence-electron chi connectivity index (χ0n) is 14.7. The number of hydrogen-bond acceptors (Lipinski definition) is 6. The number of nitro benzene ring substituents is 1. The van der Waals surface area contributed by atoms with Crippen LogP contribution < -0.4 is 0 Å². The molecule has 1 saturated heterocycles. The van der Waals surface area contributed by atoms with Gasteiger partial charge < -0.3 is 0 Å². The van der Waals surface area contributed by atoms with E-state index >= 15 is 0 Å². The predicted molar refractivity (Wildman–Crippen MR) is 107 cm³/mol. The number of amidine groups is 1. The molecule has 1 aliphatic rings. The average molecular weight is 382 g/mol. The number of rotatable bonds is 6. The van der Waals surface area contributed by atoms with E-state index in [4.69, 9.17) is 0 Å². The van der Waals surface area contributed by atoms with E-state index in [1.54, 1.807) is 17.0 Å². The summed E-state index contributed by atoms with van der Waals surface area (Å²) in [5.74, 6) is 0.0238. The second-order valence-corrected chi connectivity index (χ2v) is 7.07. The number of thioether (sulfide) groups is 1. The molecule has 27 heavy (non-hydrogen) atoms. The first-order valence-corrected chi connectivity index (χ1v) is 9.34. The van der Waals surface area contributed by atoms with Crippen LogP contribution in [0.2, 0.25) is 0 Å². The molecule has 2 aromatic rings. The molecule has 1 aliphatic heterocycles. The van der Waals surface area contributed by atoms with Crippen LogP contribution in [0.1, 0.15) is 24.5 Å². The maximum atomic E-state index is 12.6. The summed E-state index contributed by atoms with van der Waals surface area (Å²) in [5, 5.41) is 19.5. The highest BCUT2D eigenvalue weighted by molar-refractivity contribution is 8.15. The van der Waals surface area contributed by atoms with Crippen molar-refractivity contribution >= 4 is 34.7 Å². The second-order valence-electron chi connectivity index (χ2n) is 5.90. The van der Waals surface area contributed by atoms with E-state index in [0.717, 1.165) is 5.56 Å². The number of amides is 1. The van der Waals surface area contributed by atoms with Gasteiger partial charge in [-0.3, -0.25) is 19.8 Å². The molecule has 1 atom stereocenters. The van der Waals surface area contributed by atoms with Crippen molar-refractivity contribution in [1.29, 1.82) is 0 Å². The molecule has 0 radical (unpaired) electrons. The summed E-state index contributed by atoms with van der Waals surface area (Å²) < 4.78 is 0. The molecule has 0 bridgehead atoms. The molecule has 0 aromatic heterocycles. The van der Waals surface area contributed by atoms with Gasteiger partial charge in [0.25, 0.3) is 5.69 Å². The third kappa shape index (κ3) is 4.59. The van der Waals surface area contributed by atoms with Crippen LogP contribution in [0.5, 0.6) is 0 Å². The minimum absolute atomic E-state index is 0.00577. The first-order chi connectivity index (χ1) is 13.1. The maximum Gasteiger partial charge on any atom is 0.270 e. The SMILES string of the molecule is CC[C@@H]1S/C(=N/N=C\c2cccc([N+](=O)[O-])c2)N(Cc2ccccc2)C1=O. The van der Waals surface area contributed by atoms with E-state index in [0.29, 0.717) is 23.7 Å². The Labute approximate surface area is 160 Å². The highest BCUT2D eigenvalue weighted by atomic mass is 32.2. The van der Waals surface area contributed by atoms with Crippen molar-refractivity contribution < 1.29 is 9.72 Å². The Hall–Kier alpha value is -3.00. The number of benzene rings is 2. The van der Waals surface area contributed by atoms with Gasteiger partial charge >= 0.3 is 0 Å². The first-order valence-electron chi connectivity index (χ1n) is 8.46. The van der Waals surface area contributed by atoms with Crippen LogP contribution in [0.15, 0.2) is 64.8 Å². The standard InChI is InChI=1S/C19H18N4O3S/c1-2-17-18(24)22(13-14-7-4-3-5-8-14)19(27-17)21-20-12-15-9-6-10-16(11-15)23(25)26/h3-12,17H,2,13H2,1H3/b20-12-,21-19+/t17-/m0/s1. The molecule has 1 amide bonds. The molecule has 2 aromatic carbocycles. The molecular formula is C19H18N4O3S. The first kappa shape index (κ1) is 18.8. The molecular weight excluding hydrogens is 364 g/mol. The lowest BCUT2D eigenvalue weighted by Crippen LogP contribution is -2.31. The molecule has 0 spiro atoms. The molecule has 0 N–H and O–H groups in total. The summed E-state index contributed by atoms with van der Waals surface area (Å²) in [6, 6.07) is 15.8. The van der Waals surface area contributed by atoms with Gasteiger partial charge in [0.15, 0.2) is 5.17 Å². The number of nitro groups is 1. The van der Waals surface area contributed by atoms with Crippen molar-refractivity contribution in [2.75, 3.05) is 0 Å². The van der Waals surface area contributed by atoms with Gasteiger partial charge in [-0.25, -0.2) is 0 Å². The average Bonchev–Trinajstić information content (AvgIpc) is 2.98. The summed E-state index contributed by atoms with van der Waals surface area (Å²) >= 11 is 1.39. The molecule has 138 valence electrons. The minimum atomic E-state index is -0.456. The van der Waals surface area contributed by atoms with Crippen molar-refractivity contribution in [1.82, 2.24) is 4.90 Å². The molecule has 0 aliphatic carbocycles. The zero-order chi connectivity index (χ0) is 19.2. The summed E-state index contributed by atoms with van der Waals surface area (Å²) in [4.78, 5) is 24.6. The smallest absolute Gasteiger partial charge is 0.270 e. The molecule has 0 saturated carbocycles. The molecule has 3 rings (SSSR count). The normalized spacial score (nSPS) is 18.6. The van der Waals surface area contributed by atoms with E-state index in [1.165, 1.54) is 30.1 Å². The maximum absolute atomic E-state index is 12.6. The van der Waals surface area contributed by atoms with E-state index in [2.05, 4.69) is 10.2 Å². The fourth-order valence-electron chi connectivity index (χ4n) is 2.62. The Morgan fingerprint density at radius 1 is 1.22 bits per heavy atom. The fraction of sp³-hybridized carbons (Fsp3) is 0.211. The molecule has 0 unspecified atom stereocenters. The Morgan fingerprint density at radius 3 is 2.70 bits per heavy atom. The van der Waals surface area contributed by atoms with E-state index in [1.807, 2.05) is 37.3 Å². The van der Waals surface area contributed by atoms with Crippen LogP contribution in [0.25, 0.3) is 0 Å². The summed E-state index contributed by atoms with van der Waals surface area (Å²) in [5.41, 5.74) is 1.58. The molecule has 1 fully saturated rings. The second kappa shape index (κ2) is 8.59. The van der Waals surface area contributed by atoms with Gasteiger partial charge in [-0.15, -0.1) is 5.10 Å². The zero-order valence-corrected chi connectivity index (χ0v) is 15.5. The van der Waals surface area contributed by atoms with Gasteiger partial charge in [0.1, 0.15) is 0 Å². The molecule has 7 nitrogen and oxygen atoms in total. The van der Waals surface area contributed by atoms with Gasteiger partial charge in [-0.2, -0.15) is 5.10 Å². The van der Waals surface area contributed by atoms with Crippen LogP contribution in [-0.2, 0) is 11.3 Å². The summed E-state index contributed by atoms with van der Waals surface area (Å²) in [6.45, 7) is 2.40. The van der Waals surface area contributed by atoms with Gasteiger partial charge in [-0.05, 0) is 12.0 Å². The third-order valence-electron chi connectivity index (χ3n) is 4.01. The Balaban J connectivity index is 1.80. The van der Waals surface area contributed by atoms with Gasteiger partial charge in [0.05, 0.1) is 22.9 Å². The number of carbonyl (C=O) groups is 1. The van der Waals surface area contributed by atoms with Crippen LogP contribution in [0.3, 0.4) is 0 Å². The Morgan fingerprint density at radius 2 is 2.00 bits per heavy atom. The lowest BCUT2D eigenvalue weighted by Gasteiger charge is -2.15. The van der Waals surface area contributed by atoms with Crippen molar-refractivity contribution in [3.05, 3.63) is 75.8 Å². The topological polar surface area (TPSA) is 88.2 Å². The van der Waals surface area contributed by atoms with Crippen molar-refractivity contribution in [2.24, 2.45) is 10.2 Å². The van der Waals surface area contributed by atoms with Crippen molar-refractivity contribution in [3.8, 4) is 0 Å². The third-order valence-corrected chi connectivity index (χ3v) is 5.34. The highest BCUT2D eigenvalue weighted by Crippen LogP contribution is 2.30. The number of carbonyl (C=O) groups excluding carboxylic acids is 1. The van der Waals surface area contributed by atoms with Gasteiger partial charge in [0, 0.05) is 17.7 Å². The monoisotopic (exact) mass is 382 g/mol. The van der Waals surface area contributed by atoms with Crippen LogP contribution in [-0.4, -0.2) is 32.4 Å². The van der Waals surface area contributed by atoms with Gasteiger partial charge in [0.2, 0.25) is 5.91 Å². The molecule has 1 heterocycles. The summed E-state index contributed by atoms with van der Waals surface area (Å²) in [6.07, 6.45) is 2.16. The summed E-state index contributed by atoms with van der Waals surface area (Å²) in [7, 11) is 0. The van der Waals surface area contributed by atoms with Crippen LogP contribution in [0.4, 0.5) is 5.69 Å². The minimum Gasteiger partial charge on any atom is -0.284 e. The van der Waals surface area contributed by atoms with E-state index in [-0.39, 0.29) is 16.8 Å². The van der Waals surface area contributed by atoms with Gasteiger partial charge in [-0.1, -0.05) is 61.2 Å². The Bertz CT molecular complexity index is 899. The molecule has 8 heteroatoms. The van der Waals surface area contributed by atoms with E-state index in [9.17, 15) is 14.9 Å². The Kier molecular flexibility index (Phi) is 5.97. The lowest BCUT2D eigenvalue weighted by atomic mass is 10.2. The largest absolute Gasteiger partial charge is 0.284 e. The van der Waals surface area contributed by atoms with E-state index < -0.39 is 4.92 Å². The number of hydrogen-bond donors (Lipinski definition) is 0. The number of non-ortho nitro benzene ring substituents is 1. The van der Waals surface area contributed by atoms with Crippen molar-refractivity contribution in [3.63, 3.8) is 0 Å². The fourth-order valence-corrected chi connectivity index (χ4v) is 3.65. The quantitative estimate of drug-likeness (QED) is 0.431. The number of nitrogens with zero attached hydrogens (tertiary/aromatic N) is 4. The highest BCUT2D eigenvalue weighted by Gasteiger charge is 2.36. The van der Waals surface area contributed by atoms with Crippen LogP contribution >= 0.6 is 11.8 Å². The predicted octanol–water partition coefficient (Wildman–Crippen LogP) is 3.84.